The molecule has 41 heavy (non-hydrogen) atoms. The van der Waals surface area contributed by atoms with Crippen LogP contribution in [0.2, 0.25) is 0 Å². The summed E-state index contributed by atoms with van der Waals surface area (Å²) in [7, 11) is 0. The lowest BCUT2D eigenvalue weighted by molar-refractivity contribution is 0.177. The number of hydrogen-bond acceptors (Lipinski definition) is 8. The first kappa shape index (κ1) is 25.4. The average molecular weight is 559 g/mol. The van der Waals surface area contributed by atoms with Gasteiger partial charge in [0.15, 0.2) is 0 Å². The molecule has 8 rings (SSSR count). The van der Waals surface area contributed by atoms with Gasteiger partial charge in [-0.05, 0) is 58.7 Å². The van der Waals surface area contributed by atoms with Crippen LogP contribution >= 0.6 is 0 Å². The van der Waals surface area contributed by atoms with Crippen LogP contribution in [0.3, 0.4) is 0 Å². The molecule has 0 radical (unpaired) electrons. The topological polar surface area (TPSA) is 87.0 Å². The number of hydrogen-bond donors (Lipinski definition) is 0. The third kappa shape index (κ3) is 6.16. The zero-order valence-corrected chi connectivity index (χ0v) is 23.0. The molecule has 4 fully saturated rings. The highest BCUT2D eigenvalue weighted by Gasteiger charge is 2.28. The number of allylic oxidation sites excluding steroid dienone is 1. The first-order valence-electron chi connectivity index (χ1n) is 14.6. The van der Waals surface area contributed by atoms with Crippen LogP contribution < -0.4 is 14.2 Å². The molecule has 4 saturated heterocycles. The molecule has 3 aromatic rings. The summed E-state index contributed by atoms with van der Waals surface area (Å²) in [5, 5.41) is 2.23. The van der Waals surface area contributed by atoms with Gasteiger partial charge in [-0.2, -0.15) is 0 Å². The summed E-state index contributed by atoms with van der Waals surface area (Å²) in [5.41, 5.74) is 4.70. The molecule has 0 aromatic heterocycles. The Balaban J connectivity index is 1.19. The van der Waals surface area contributed by atoms with E-state index in [0.29, 0.717) is 32.8 Å². The predicted molar refractivity (Wildman–Crippen MR) is 151 cm³/mol. The number of epoxide rings is 4. The molecule has 0 amide bonds. The quantitative estimate of drug-likeness (QED) is 0.268. The van der Waals surface area contributed by atoms with Gasteiger partial charge in [-0.15, -0.1) is 0 Å². The third-order valence-corrected chi connectivity index (χ3v) is 8.12. The van der Waals surface area contributed by atoms with Crippen molar-refractivity contribution in [2.75, 3.05) is 52.9 Å². The van der Waals surface area contributed by atoms with Gasteiger partial charge in [-0.3, -0.25) is 0 Å². The predicted octanol–water partition coefficient (Wildman–Crippen LogP) is 4.47. The fourth-order valence-electron chi connectivity index (χ4n) is 5.35. The first-order valence-corrected chi connectivity index (χ1v) is 14.6. The van der Waals surface area contributed by atoms with Gasteiger partial charge in [0.05, 0.1) is 32.2 Å². The maximum Gasteiger partial charge on any atom is 0.123 e. The second-order valence-electron chi connectivity index (χ2n) is 11.4. The molecule has 0 saturated carbocycles. The summed E-state index contributed by atoms with van der Waals surface area (Å²) in [4.78, 5) is 0. The molecule has 4 aliphatic heterocycles. The molecule has 8 nitrogen and oxygen atoms in total. The summed E-state index contributed by atoms with van der Waals surface area (Å²) in [6.45, 7) is 5.28. The number of benzene rings is 3. The Kier molecular flexibility index (Phi) is 6.72. The number of rotatable bonds is 14. The van der Waals surface area contributed by atoms with Crippen LogP contribution in [0.15, 0.2) is 48.2 Å². The second-order valence-corrected chi connectivity index (χ2v) is 11.4. The van der Waals surface area contributed by atoms with Gasteiger partial charge in [0.2, 0.25) is 0 Å². The lowest BCUT2D eigenvalue weighted by atomic mass is 9.87. The van der Waals surface area contributed by atoms with Crippen molar-refractivity contribution in [2.45, 2.75) is 43.7 Å². The summed E-state index contributed by atoms with van der Waals surface area (Å²) in [6, 6.07) is 14.8. The van der Waals surface area contributed by atoms with Crippen LogP contribution in [0.25, 0.3) is 16.8 Å². The molecule has 4 heterocycles. The van der Waals surface area contributed by atoms with Crippen molar-refractivity contribution in [1.29, 1.82) is 0 Å². The van der Waals surface area contributed by atoms with E-state index in [2.05, 4.69) is 42.5 Å². The molecular weight excluding hydrogens is 524 g/mol. The maximum atomic E-state index is 6.38. The number of ether oxygens (including phenoxy) is 8. The number of fused-ring (bicyclic) bond motifs is 2. The summed E-state index contributed by atoms with van der Waals surface area (Å²) < 4.78 is 46.6. The molecule has 0 bridgehead atoms. The molecule has 0 spiro atoms. The maximum absolute atomic E-state index is 6.38. The lowest BCUT2D eigenvalue weighted by Crippen LogP contribution is -2.12. The highest BCUT2D eigenvalue weighted by atomic mass is 16.6. The van der Waals surface area contributed by atoms with Gasteiger partial charge in [-0.1, -0.05) is 18.2 Å². The Morgan fingerprint density at radius 1 is 0.610 bits per heavy atom. The highest BCUT2D eigenvalue weighted by Crippen LogP contribution is 2.39. The van der Waals surface area contributed by atoms with Gasteiger partial charge in [0.1, 0.15) is 68.1 Å². The standard InChI is InChI=1S/C33H34O8/c1-5-22(34-12-24-14-36-24)9-28-20(1)3-7-32(40-18-26-16-38-26)30(28)11-31-29-10-23(35-13-25-15-37-25)6-2-21(29)4-8-33(31)41-19-27-17-39-27/h1,3-5,7-10,24-27H,2,6,11-19H2. The largest absolute Gasteiger partial charge is 0.495 e. The smallest absolute Gasteiger partial charge is 0.123 e. The van der Waals surface area contributed by atoms with Gasteiger partial charge in [0.25, 0.3) is 0 Å². The zero-order chi connectivity index (χ0) is 27.2. The van der Waals surface area contributed by atoms with E-state index in [4.69, 9.17) is 37.9 Å². The fraction of sp³-hybridized carbons (Fsp3) is 0.455. The molecule has 4 unspecified atom stereocenters. The van der Waals surface area contributed by atoms with Crippen LogP contribution in [0, 0.1) is 0 Å². The van der Waals surface area contributed by atoms with Crippen LogP contribution in [0.5, 0.6) is 17.2 Å². The van der Waals surface area contributed by atoms with E-state index in [9.17, 15) is 0 Å². The molecule has 4 atom stereocenters. The first-order chi connectivity index (χ1) is 20.2. The highest BCUT2D eigenvalue weighted by molar-refractivity contribution is 5.89. The third-order valence-electron chi connectivity index (χ3n) is 8.12. The van der Waals surface area contributed by atoms with Crippen molar-refractivity contribution in [2.24, 2.45) is 0 Å². The monoisotopic (exact) mass is 558 g/mol. The van der Waals surface area contributed by atoms with Crippen LogP contribution in [-0.2, 0) is 36.5 Å². The van der Waals surface area contributed by atoms with Gasteiger partial charge < -0.3 is 37.9 Å². The van der Waals surface area contributed by atoms with E-state index in [-0.39, 0.29) is 24.4 Å². The summed E-state index contributed by atoms with van der Waals surface area (Å²) in [6.07, 6.45) is 5.37. The van der Waals surface area contributed by atoms with Crippen molar-refractivity contribution in [3.05, 3.63) is 70.5 Å². The lowest BCUT2D eigenvalue weighted by Gasteiger charge is -2.23. The van der Waals surface area contributed by atoms with E-state index >= 15 is 0 Å². The molecule has 5 aliphatic rings. The Bertz CT molecular complexity index is 1460. The normalized spacial score (nSPS) is 25.2. The molecule has 3 aromatic carbocycles. The van der Waals surface area contributed by atoms with Crippen molar-refractivity contribution in [3.8, 4) is 17.2 Å². The molecular formula is C33H34O8. The van der Waals surface area contributed by atoms with E-state index in [1.165, 1.54) is 11.1 Å². The minimum Gasteiger partial charge on any atom is -0.495 e. The Morgan fingerprint density at radius 3 is 1.88 bits per heavy atom. The molecule has 1 aliphatic carbocycles. The minimum atomic E-state index is 0.159. The van der Waals surface area contributed by atoms with Crippen LogP contribution in [0.4, 0.5) is 0 Å². The van der Waals surface area contributed by atoms with E-state index in [0.717, 1.165) is 84.2 Å². The SMILES string of the molecule is C1=C(OCC2CO2)CCc2ccc(OCC3CO3)c(Cc3c(OCC4CO4)ccc4ccc(OCC5CO5)cc34)c21. The van der Waals surface area contributed by atoms with E-state index < -0.39 is 0 Å². The molecule has 8 heteroatoms. The van der Waals surface area contributed by atoms with Gasteiger partial charge in [0, 0.05) is 24.0 Å². The van der Waals surface area contributed by atoms with Gasteiger partial charge >= 0.3 is 0 Å². The van der Waals surface area contributed by atoms with Crippen LogP contribution in [-0.4, -0.2) is 77.3 Å². The molecule has 214 valence electrons. The Morgan fingerprint density at radius 2 is 1.20 bits per heavy atom. The summed E-state index contributed by atoms with van der Waals surface area (Å²) in [5.74, 6) is 3.54. The Hall–Kier alpha value is -3.30. The van der Waals surface area contributed by atoms with Gasteiger partial charge in [-0.25, -0.2) is 0 Å². The fourth-order valence-corrected chi connectivity index (χ4v) is 5.35. The van der Waals surface area contributed by atoms with Crippen molar-refractivity contribution in [3.63, 3.8) is 0 Å². The number of aryl methyl sites for hydroxylation is 1. The molecule has 0 N–H and O–H groups in total. The second kappa shape index (κ2) is 10.8. The summed E-state index contributed by atoms with van der Waals surface area (Å²) >= 11 is 0. The van der Waals surface area contributed by atoms with Crippen molar-refractivity contribution < 1.29 is 37.9 Å². The van der Waals surface area contributed by atoms with Crippen molar-refractivity contribution in [1.82, 2.24) is 0 Å². The minimum absolute atomic E-state index is 0.159. The zero-order valence-electron chi connectivity index (χ0n) is 23.0. The Labute approximate surface area is 239 Å². The van der Waals surface area contributed by atoms with E-state index in [1.807, 2.05) is 6.07 Å². The van der Waals surface area contributed by atoms with E-state index in [1.54, 1.807) is 0 Å². The average Bonchev–Trinajstić information content (AvgIpc) is 3.83. The van der Waals surface area contributed by atoms with Crippen LogP contribution in [0.1, 0.15) is 28.7 Å². The van der Waals surface area contributed by atoms with Crippen molar-refractivity contribution >= 4 is 16.8 Å².